The summed E-state index contributed by atoms with van der Waals surface area (Å²) >= 11 is 3.38. The SMILES string of the molecule is O=C(c1cc(S(=O)(=O)N2CCSCC2)c[nH]1)N1CCCC(c2nccs2)C1. The zero-order chi connectivity index (χ0) is 18.9. The molecule has 2 fully saturated rings. The maximum Gasteiger partial charge on any atom is 0.270 e. The second-order valence-corrected chi connectivity index (χ2v) is 10.8. The number of sulfonamides is 1. The van der Waals surface area contributed by atoms with E-state index < -0.39 is 10.0 Å². The van der Waals surface area contributed by atoms with Gasteiger partial charge in [0.2, 0.25) is 10.0 Å². The van der Waals surface area contributed by atoms with Gasteiger partial charge in [-0.1, -0.05) is 0 Å². The van der Waals surface area contributed by atoms with Crippen LogP contribution in [0.1, 0.15) is 34.3 Å². The van der Waals surface area contributed by atoms with Gasteiger partial charge >= 0.3 is 0 Å². The fraction of sp³-hybridized carbons (Fsp3) is 0.529. The van der Waals surface area contributed by atoms with Gasteiger partial charge in [0, 0.05) is 61.4 Å². The third kappa shape index (κ3) is 3.94. The van der Waals surface area contributed by atoms with Crippen LogP contribution in [0.25, 0.3) is 0 Å². The molecule has 146 valence electrons. The van der Waals surface area contributed by atoms with E-state index in [0.717, 1.165) is 29.4 Å². The lowest BCUT2D eigenvalue weighted by Gasteiger charge is -2.31. The normalized spacial score (nSPS) is 22.1. The Bertz CT molecular complexity index is 888. The van der Waals surface area contributed by atoms with E-state index >= 15 is 0 Å². The van der Waals surface area contributed by atoms with Crippen LogP contribution < -0.4 is 0 Å². The molecule has 4 heterocycles. The van der Waals surface area contributed by atoms with Gasteiger partial charge in [-0.15, -0.1) is 11.3 Å². The number of carbonyl (C=O) groups excluding carboxylic acids is 1. The van der Waals surface area contributed by atoms with Crippen LogP contribution in [0.3, 0.4) is 0 Å². The summed E-state index contributed by atoms with van der Waals surface area (Å²) < 4.78 is 27.0. The van der Waals surface area contributed by atoms with Crippen LogP contribution in [0, 0.1) is 0 Å². The van der Waals surface area contributed by atoms with Crippen molar-refractivity contribution in [2.75, 3.05) is 37.7 Å². The molecule has 0 saturated carbocycles. The molecule has 2 aliphatic rings. The Kier molecular flexibility index (Phi) is 5.58. The quantitative estimate of drug-likeness (QED) is 0.810. The molecule has 0 aromatic carbocycles. The molecule has 2 aliphatic heterocycles. The maximum atomic E-state index is 12.9. The van der Waals surface area contributed by atoms with Crippen molar-refractivity contribution in [3.63, 3.8) is 0 Å². The van der Waals surface area contributed by atoms with Crippen LogP contribution in [0.4, 0.5) is 0 Å². The fourth-order valence-electron chi connectivity index (χ4n) is 3.55. The summed E-state index contributed by atoms with van der Waals surface area (Å²) in [6.45, 7) is 2.34. The molecule has 27 heavy (non-hydrogen) atoms. The first kappa shape index (κ1) is 19.0. The molecule has 1 N–H and O–H groups in total. The van der Waals surface area contributed by atoms with Crippen molar-refractivity contribution in [2.45, 2.75) is 23.7 Å². The van der Waals surface area contributed by atoms with E-state index in [9.17, 15) is 13.2 Å². The number of rotatable bonds is 4. The van der Waals surface area contributed by atoms with Crippen molar-refractivity contribution in [1.82, 2.24) is 19.2 Å². The molecule has 2 aromatic heterocycles. The van der Waals surface area contributed by atoms with Crippen molar-refractivity contribution in [1.29, 1.82) is 0 Å². The number of H-pyrrole nitrogens is 1. The third-order valence-electron chi connectivity index (χ3n) is 5.00. The summed E-state index contributed by atoms with van der Waals surface area (Å²) in [5.74, 6) is 1.72. The van der Waals surface area contributed by atoms with Gasteiger partial charge < -0.3 is 9.88 Å². The summed E-state index contributed by atoms with van der Waals surface area (Å²) in [5.41, 5.74) is 0.333. The van der Waals surface area contributed by atoms with Gasteiger partial charge in [0.05, 0.1) is 5.01 Å². The number of aromatic amines is 1. The van der Waals surface area contributed by atoms with Crippen LogP contribution >= 0.6 is 23.1 Å². The van der Waals surface area contributed by atoms with Gasteiger partial charge in [0.1, 0.15) is 10.6 Å². The molecule has 1 atom stereocenters. The summed E-state index contributed by atoms with van der Waals surface area (Å²) in [6, 6.07) is 1.48. The lowest BCUT2D eigenvalue weighted by atomic mass is 9.98. The largest absolute Gasteiger partial charge is 0.356 e. The highest BCUT2D eigenvalue weighted by Gasteiger charge is 2.30. The second-order valence-electron chi connectivity index (χ2n) is 6.73. The van der Waals surface area contributed by atoms with Crippen molar-refractivity contribution in [3.8, 4) is 0 Å². The number of hydrogen-bond acceptors (Lipinski definition) is 6. The van der Waals surface area contributed by atoms with E-state index in [2.05, 4.69) is 9.97 Å². The minimum Gasteiger partial charge on any atom is -0.356 e. The minimum absolute atomic E-state index is 0.146. The molecule has 10 heteroatoms. The number of nitrogens with one attached hydrogen (secondary N) is 1. The van der Waals surface area contributed by atoms with Gasteiger partial charge in [-0.2, -0.15) is 16.1 Å². The Hall–Kier alpha value is -1.36. The van der Waals surface area contributed by atoms with Gasteiger partial charge in [0.25, 0.3) is 5.91 Å². The van der Waals surface area contributed by atoms with Crippen LogP contribution in [0.15, 0.2) is 28.7 Å². The zero-order valence-corrected chi connectivity index (χ0v) is 17.3. The number of likely N-dealkylation sites (tertiary alicyclic amines) is 1. The fourth-order valence-corrected chi connectivity index (χ4v) is 6.89. The molecule has 1 unspecified atom stereocenters. The lowest BCUT2D eigenvalue weighted by Crippen LogP contribution is -2.39. The average Bonchev–Trinajstić information content (AvgIpc) is 3.40. The summed E-state index contributed by atoms with van der Waals surface area (Å²) in [7, 11) is -3.54. The first-order valence-corrected chi connectivity index (χ1v) is 12.5. The van der Waals surface area contributed by atoms with E-state index in [0.29, 0.717) is 31.9 Å². The third-order valence-corrected chi connectivity index (χ3v) is 8.76. The Morgan fingerprint density at radius 1 is 1.26 bits per heavy atom. The summed E-state index contributed by atoms with van der Waals surface area (Å²) in [6.07, 6.45) is 5.18. The van der Waals surface area contributed by atoms with Gasteiger partial charge in [-0.25, -0.2) is 13.4 Å². The van der Waals surface area contributed by atoms with E-state index in [1.165, 1.54) is 16.6 Å². The molecular formula is C17H22N4O3S3. The monoisotopic (exact) mass is 426 g/mol. The van der Waals surface area contributed by atoms with Crippen molar-refractivity contribution < 1.29 is 13.2 Å². The average molecular weight is 427 g/mol. The Morgan fingerprint density at radius 3 is 2.81 bits per heavy atom. The van der Waals surface area contributed by atoms with Crippen molar-refractivity contribution >= 4 is 39.0 Å². The highest BCUT2D eigenvalue weighted by molar-refractivity contribution is 7.99. The molecule has 0 radical (unpaired) electrons. The number of thiazole rings is 1. The smallest absolute Gasteiger partial charge is 0.270 e. The molecule has 0 bridgehead atoms. The van der Waals surface area contributed by atoms with E-state index in [4.69, 9.17) is 0 Å². The van der Waals surface area contributed by atoms with Gasteiger partial charge in [-0.05, 0) is 18.9 Å². The molecule has 2 aromatic rings. The number of piperidine rings is 1. The summed E-state index contributed by atoms with van der Waals surface area (Å²) in [4.78, 5) is 22.1. The van der Waals surface area contributed by atoms with E-state index in [1.54, 1.807) is 34.2 Å². The van der Waals surface area contributed by atoms with Crippen molar-refractivity contribution in [2.24, 2.45) is 0 Å². The van der Waals surface area contributed by atoms with Crippen LogP contribution in [-0.2, 0) is 10.0 Å². The molecule has 4 rings (SSSR count). The highest BCUT2D eigenvalue weighted by atomic mass is 32.2. The topological polar surface area (TPSA) is 86.4 Å². The number of hydrogen-bond donors (Lipinski definition) is 1. The number of thioether (sulfide) groups is 1. The second kappa shape index (κ2) is 7.94. The standard InChI is InChI=1S/C17H22N4O3S3/c22-17(20-4-1-2-13(12-20)16-18-3-7-26-16)15-10-14(11-19-15)27(23,24)21-5-8-25-9-6-21/h3,7,10-11,13,19H,1-2,4-6,8-9,12H2. The predicted octanol–water partition coefficient (Wildman–Crippen LogP) is 2.23. The van der Waals surface area contributed by atoms with Crippen LogP contribution in [0.5, 0.6) is 0 Å². The van der Waals surface area contributed by atoms with Crippen LogP contribution in [0.2, 0.25) is 0 Å². The van der Waals surface area contributed by atoms with Gasteiger partial charge in [0.15, 0.2) is 0 Å². The Balaban J connectivity index is 1.48. The van der Waals surface area contributed by atoms with Crippen LogP contribution in [-0.4, -0.2) is 71.2 Å². The molecule has 1 amide bonds. The number of amides is 1. The first-order chi connectivity index (χ1) is 13.1. The van der Waals surface area contributed by atoms with E-state index in [1.807, 2.05) is 5.38 Å². The Labute approximate surface area is 167 Å². The predicted molar refractivity (Wildman–Crippen MR) is 107 cm³/mol. The summed E-state index contributed by atoms with van der Waals surface area (Å²) in [5, 5.41) is 3.02. The molecule has 2 saturated heterocycles. The molecule has 0 aliphatic carbocycles. The highest BCUT2D eigenvalue weighted by Crippen LogP contribution is 2.29. The molecule has 7 nitrogen and oxygen atoms in total. The number of carbonyl (C=O) groups is 1. The number of aromatic nitrogens is 2. The van der Waals surface area contributed by atoms with E-state index in [-0.39, 0.29) is 16.7 Å². The van der Waals surface area contributed by atoms with Gasteiger partial charge in [-0.3, -0.25) is 4.79 Å². The zero-order valence-electron chi connectivity index (χ0n) is 14.8. The Morgan fingerprint density at radius 2 is 2.07 bits per heavy atom. The van der Waals surface area contributed by atoms with Crippen molar-refractivity contribution in [3.05, 3.63) is 34.5 Å². The minimum atomic E-state index is -3.54. The molecule has 0 spiro atoms. The molecular weight excluding hydrogens is 404 g/mol. The number of nitrogens with zero attached hydrogens (tertiary/aromatic N) is 3. The lowest BCUT2D eigenvalue weighted by molar-refractivity contribution is 0.0701. The maximum absolute atomic E-state index is 12.9. The first-order valence-electron chi connectivity index (χ1n) is 9.00.